The van der Waals surface area contributed by atoms with Crippen LogP contribution in [0.3, 0.4) is 0 Å². The van der Waals surface area contributed by atoms with E-state index in [2.05, 4.69) is 10.6 Å². The zero-order valence-electron chi connectivity index (χ0n) is 17.8. The van der Waals surface area contributed by atoms with Crippen LogP contribution in [-0.4, -0.2) is 55.8 Å². The number of carbonyl (C=O) groups excluding carboxylic acids is 3. The Labute approximate surface area is 183 Å². The van der Waals surface area contributed by atoms with Gasteiger partial charge in [-0.25, -0.2) is 0 Å². The van der Waals surface area contributed by atoms with E-state index >= 15 is 0 Å². The van der Waals surface area contributed by atoms with Crippen LogP contribution in [0.5, 0.6) is 0 Å². The molecule has 0 spiro atoms. The van der Waals surface area contributed by atoms with Gasteiger partial charge in [0, 0.05) is 19.4 Å². The fourth-order valence-electron chi connectivity index (χ4n) is 3.20. The summed E-state index contributed by atoms with van der Waals surface area (Å²) in [4.78, 5) is 37.3. The molecule has 0 aromatic heterocycles. The molecule has 0 saturated carbocycles. The number of benzene rings is 1. The van der Waals surface area contributed by atoms with Crippen LogP contribution < -0.4 is 10.6 Å². The van der Waals surface area contributed by atoms with Crippen LogP contribution in [0.4, 0.5) is 0 Å². The lowest BCUT2D eigenvalue weighted by Crippen LogP contribution is -2.38. The predicted molar refractivity (Wildman–Crippen MR) is 115 cm³/mol. The molecule has 0 saturated heterocycles. The van der Waals surface area contributed by atoms with E-state index in [1.165, 1.54) is 0 Å². The van der Waals surface area contributed by atoms with Gasteiger partial charge >= 0.3 is 5.97 Å². The molecule has 3 N–H and O–H groups in total. The normalized spacial score (nSPS) is 20.5. The number of amides is 2. The van der Waals surface area contributed by atoms with Crippen molar-refractivity contribution in [2.45, 2.75) is 38.2 Å². The van der Waals surface area contributed by atoms with Gasteiger partial charge in [0.05, 0.1) is 32.3 Å². The van der Waals surface area contributed by atoms with Gasteiger partial charge in [-0.05, 0) is 24.8 Å². The maximum atomic E-state index is 12.8. The van der Waals surface area contributed by atoms with Gasteiger partial charge < -0.3 is 25.2 Å². The molecule has 1 aliphatic rings. The summed E-state index contributed by atoms with van der Waals surface area (Å²) >= 11 is 0. The van der Waals surface area contributed by atoms with Crippen molar-refractivity contribution in [3.05, 3.63) is 48.0 Å². The molecule has 8 nitrogen and oxygen atoms in total. The van der Waals surface area contributed by atoms with Crippen LogP contribution in [0, 0.1) is 5.92 Å². The number of aliphatic hydroxyl groups excluding tert-OH is 1. The second-order valence-electron chi connectivity index (χ2n) is 7.32. The molecular formula is C23H32N2O6. The monoisotopic (exact) mass is 432 g/mol. The highest BCUT2D eigenvalue weighted by Crippen LogP contribution is 2.19. The van der Waals surface area contributed by atoms with E-state index in [1.54, 1.807) is 0 Å². The average Bonchev–Trinajstić information content (AvgIpc) is 2.79. The molecule has 0 bridgehead atoms. The van der Waals surface area contributed by atoms with Crippen molar-refractivity contribution in [2.75, 3.05) is 32.9 Å². The Morgan fingerprint density at radius 3 is 2.77 bits per heavy atom. The van der Waals surface area contributed by atoms with Crippen LogP contribution in [0.25, 0.3) is 0 Å². The quantitative estimate of drug-likeness (QED) is 0.327. The highest BCUT2D eigenvalue weighted by molar-refractivity contribution is 5.86. The highest BCUT2D eigenvalue weighted by Gasteiger charge is 2.24. The number of nitrogens with one attached hydrogen (secondary N) is 2. The van der Waals surface area contributed by atoms with Crippen molar-refractivity contribution in [3.63, 3.8) is 0 Å². The molecular weight excluding hydrogens is 400 g/mol. The summed E-state index contributed by atoms with van der Waals surface area (Å²) in [6, 6.07) is 9.29. The first-order chi connectivity index (χ1) is 15.1. The predicted octanol–water partition coefficient (Wildman–Crippen LogP) is 1.65. The maximum absolute atomic E-state index is 12.8. The summed E-state index contributed by atoms with van der Waals surface area (Å²) in [6.45, 7) is 0.911. The summed E-state index contributed by atoms with van der Waals surface area (Å²) in [5.41, 5.74) is 0.807. The number of allylic oxidation sites excluding steroid dienone is 2. The fraction of sp³-hybridized carbons (Fsp3) is 0.522. The SMILES string of the molecule is O=C(C[C@H]1CC=CCCCC(=O)O[C@@H](c2ccccc2)CNC1=O)NCCOCCO. The molecule has 1 aromatic carbocycles. The molecule has 0 unspecified atom stereocenters. The number of esters is 1. The number of ether oxygens (including phenoxy) is 2. The molecule has 1 aliphatic heterocycles. The van der Waals surface area contributed by atoms with E-state index in [9.17, 15) is 14.4 Å². The number of rotatable bonds is 8. The molecule has 31 heavy (non-hydrogen) atoms. The van der Waals surface area contributed by atoms with Gasteiger partial charge in [-0.15, -0.1) is 0 Å². The standard InChI is InChI=1S/C23H32N2O6/c26-13-15-30-14-12-24-21(27)16-19-10-4-1-2-7-11-22(28)31-20(17-25-23(19)29)18-8-5-3-6-9-18/h1,3-6,8-9,19-20,26H,2,7,10-17H2,(H,24,27)(H,25,29)/t19-,20-/m1/s1. The third-order valence-electron chi connectivity index (χ3n) is 4.85. The third-order valence-corrected chi connectivity index (χ3v) is 4.85. The van der Waals surface area contributed by atoms with Crippen molar-refractivity contribution in [2.24, 2.45) is 5.92 Å². The lowest BCUT2D eigenvalue weighted by atomic mass is 9.98. The van der Waals surface area contributed by atoms with Crippen LogP contribution in [0.15, 0.2) is 42.5 Å². The summed E-state index contributed by atoms with van der Waals surface area (Å²) in [5.74, 6) is -1.32. The molecule has 2 amide bonds. The van der Waals surface area contributed by atoms with Crippen molar-refractivity contribution < 1.29 is 29.0 Å². The Morgan fingerprint density at radius 2 is 2.00 bits per heavy atom. The smallest absolute Gasteiger partial charge is 0.306 e. The lowest BCUT2D eigenvalue weighted by Gasteiger charge is -2.21. The Morgan fingerprint density at radius 1 is 1.19 bits per heavy atom. The highest BCUT2D eigenvalue weighted by atomic mass is 16.5. The molecule has 0 aliphatic carbocycles. The van der Waals surface area contributed by atoms with Crippen LogP contribution in [0.2, 0.25) is 0 Å². The van der Waals surface area contributed by atoms with Gasteiger partial charge in [0.25, 0.3) is 0 Å². The Bertz CT molecular complexity index is 722. The molecule has 170 valence electrons. The zero-order chi connectivity index (χ0) is 22.3. The molecule has 8 heteroatoms. The molecule has 2 atom stereocenters. The van der Waals surface area contributed by atoms with Crippen molar-refractivity contribution in [3.8, 4) is 0 Å². The molecule has 0 fully saturated rings. The van der Waals surface area contributed by atoms with Crippen LogP contribution >= 0.6 is 0 Å². The minimum Gasteiger partial charge on any atom is -0.456 e. The number of cyclic esters (lactones) is 1. The second-order valence-corrected chi connectivity index (χ2v) is 7.32. The van der Waals surface area contributed by atoms with E-state index < -0.39 is 12.0 Å². The van der Waals surface area contributed by atoms with Gasteiger partial charge in [0.15, 0.2) is 0 Å². The van der Waals surface area contributed by atoms with E-state index in [1.807, 2.05) is 42.5 Å². The summed E-state index contributed by atoms with van der Waals surface area (Å²) in [6.07, 6.45) is 5.40. The average molecular weight is 433 g/mol. The van der Waals surface area contributed by atoms with Gasteiger partial charge in [-0.2, -0.15) is 0 Å². The first-order valence-corrected chi connectivity index (χ1v) is 10.7. The van der Waals surface area contributed by atoms with E-state index in [0.29, 0.717) is 38.8 Å². The Hall–Kier alpha value is -2.71. The molecule has 2 rings (SSSR count). The van der Waals surface area contributed by atoms with Crippen molar-refractivity contribution in [1.29, 1.82) is 0 Å². The van der Waals surface area contributed by atoms with E-state index in [4.69, 9.17) is 14.6 Å². The summed E-state index contributed by atoms with van der Waals surface area (Å²) in [7, 11) is 0. The largest absolute Gasteiger partial charge is 0.456 e. The minimum absolute atomic E-state index is 0.0476. The molecule has 0 radical (unpaired) electrons. The van der Waals surface area contributed by atoms with Gasteiger partial charge in [-0.1, -0.05) is 42.5 Å². The lowest BCUT2D eigenvalue weighted by molar-refractivity contribution is -0.150. The maximum Gasteiger partial charge on any atom is 0.306 e. The first kappa shape index (κ1) is 24.6. The van der Waals surface area contributed by atoms with E-state index in [-0.39, 0.29) is 44.0 Å². The van der Waals surface area contributed by atoms with Gasteiger partial charge in [0.1, 0.15) is 6.10 Å². The summed E-state index contributed by atoms with van der Waals surface area (Å²) < 4.78 is 10.7. The van der Waals surface area contributed by atoms with Crippen molar-refractivity contribution in [1.82, 2.24) is 10.6 Å². The molecule has 1 heterocycles. The minimum atomic E-state index is -0.579. The zero-order valence-corrected chi connectivity index (χ0v) is 17.8. The summed E-state index contributed by atoms with van der Waals surface area (Å²) in [5, 5.41) is 14.3. The fourth-order valence-corrected chi connectivity index (χ4v) is 3.20. The third kappa shape index (κ3) is 9.76. The molecule has 1 aromatic rings. The Balaban J connectivity index is 1.99. The second kappa shape index (κ2) is 14.3. The topological polar surface area (TPSA) is 114 Å². The van der Waals surface area contributed by atoms with Gasteiger partial charge in [0.2, 0.25) is 11.8 Å². The van der Waals surface area contributed by atoms with E-state index in [0.717, 1.165) is 5.56 Å². The number of hydrogen-bond donors (Lipinski definition) is 3. The number of aliphatic hydroxyl groups is 1. The van der Waals surface area contributed by atoms with Crippen LogP contribution in [0.1, 0.15) is 43.8 Å². The first-order valence-electron chi connectivity index (χ1n) is 10.7. The van der Waals surface area contributed by atoms with Gasteiger partial charge in [-0.3, -0.25) is 14.4 Å². The Kier molecular flexibility index (Phi) is 11.3. The van der Waals surface area contributed by atoms with Crippen molar-refractivity contribution >= 4 is 17.8 Å². The number of carbonyl (C=O) groups is 3. The number of hydrogen-bond acceptors (Lipinski definition) is 6. The van der Waals surface area contributed by atoms with Crippen LogP contribution in [-0.2, 0) is 23.9 Å².